The smallest absolute Gasteiger partial charge is 0.325 e. The van der Waals surface area contributed by atoms with Crippen molar-refractivity contribution in [2.45, 2.75) is 58.6 Å². The normalized spacial score (nSPS) is 31.2. The number of cyclic esters (lactones) is 1. The Bertz CT molecular complexity index is 255. The van der Waals surface area contributed by atoms with Crippen LogP contribution in [0.3, 0.4) is 0 Å². The predicted octanol–water partition coefficient (Wildman–Crippen LogP) is 2.11. The van der Waals surface area contributed by atoms with Gasteiger partial charge in [0.1, 0.15) is 12.1 Å². The molecule has 1 aliphatic heterocycles. The maximum Gasteiger partial charge on any atom is 0.325 e. The van der Waals surface area contributed by atoms with Gasteiger partial charge in [-0.3, -0.25) is 4.79 Å². The van der Waals surface area contributed by atoms with Crippen LogP contribution in [-0.4, -0.2) is 31.3 Å². The summed E-state index contributed by atoms with van der Waals surface area (Å²) in [6.45, 7) is 7.37. The molecule has 0 radical (unpaired) electrons. The van der Waals surface area contributed by atoms with Crippen molar-refractivity contribution < 1.29 is 14.3 Å². The van der Waals surface area contributed by atoms with Gasteiger partial charge in [0.05, 0.1) is 6.61 Å². The first-order chi connectivity index (χ1) is 8.50. The highest BCUT2D eigenvalue weighted by atomic mass is 16.5. The van der Waals surface area contributed by atoms with Crippen LogP contribution in [0.2, 0.25) is 0 Å². The van der Waals surface area contributed by atoms with Gasteiger partial charge in [0.2, 0.25) is 0 Å². The van der Waals surface area contributed by atoms with E-state index in [0.717, 1.165) is 19.3 Å². The third kappa shape index (κ3) is 5.36. The lowest BCUT2D eigenvalue weighted by Crippen LogP contribution is -2.40. The average Bonchev–Trinajstić information content (AvgIpc) is 2.30. The summed E-state index contributed by atoms with van der Waals surface area (Å²) in [7, 11) is 0. The summed E-state index contributed by atoms with van der Waals surface area (Å²) >= 11 is 0. The molecule has 0 aromatic heterocycles. The van der Waals surface area contributed by atoms with Gasteiger partial charge < -0.3 is 15.2 Å². The largest absolute Gasteiger partial charge is 0.461 e. The van der Waals surface area contributed by atoms with Crippen LogP contribution in [0.5, 0.6) is 0 Å². The molecular formula is C14H27NO3. The second-order valence-electron chi connectivity index (χ2n) is 5.70. The fraction of sp³-hybridized carbons (Fsp3) is 0.929. The van der Waals surface area contributed by atoms with Gasteiger partial charge in [-0.25, -0.2) is 0 Å². The molecule has 106 valence electrons. The van der Waals surface area contributed by atoms with E-state index < -0.39 is 6.04 Å². The first kappa shape index (κ1) is 15.4. The zero-order valence-corrected chi connectivity index (χ0v) is 11.9. The number of hydrogen-bond donors (Lipinski definition) is 1. The van der Waals surface area contributed by atoms with Gasteiger partial charge in [0, 0.05) is 6.61 Å². The number of hydrogen-bond acceptors (Lipinski definition) is 4. The van der Waals surface area contributed by atoms with E-state index >= 15 is 0 Å². The van der Waals surface area contributed by atoms with Crippen LogP contribution in [0.4, 0.5) is 0 Å². The van der Waals surface area contributed by atoms with Gasteiger partial charge in [0.25, 0.3) is 0 Å². The monoisotopic (exact) mass is 257 g/mol. The van der Waals surface area contributed by atoms with Gasteiger partial charge in [-0.15, -0.1) is 0 Å². The van der Waals surface area contributed by atoms with Crippen molar-refractivity contribution in [3.05, 3.63) is 0 Å². The fourth-order valence-electron chi connectivity index (χ4n) is 2.25. The molecule has 4 nitrogen and oxygen atoms in total. The van der Waals surface area contributed by atoms with E-state index in [2.05, 4.69) is 13.8 Å². The highest BCUT2D eigenvalue weighted by Crippen LogP contribution is 2.23. The summed E-state index contributed by atoms with van der Waals surface area (Å²) in [6, 6.07) is -0.642. The molecule has 0 aliphatic carbocycles. The quantitative estimate of drug-likeness (QED) is 0.787. The van der Waals surface area contributed by atoms with Crippen molar-refractivity contribution in [3.8, 4) is 0 Å². The molecule has 18 heavy (non-hydrogen) atoms. The minimum absolute atomic E-state index is 0.0413. The Morgan fingerprint density at radius 3 is 2.83 bits per heavy atom. The fourth-order valence-corrected chi connectivity index (χ4v) is 2.25. The molecule has 0 spiro atoms. The van der Waals surface area contributed by atoms with E-state index in [4.69, 9.17) is 15.2 Å². The van der Waals surface area contributed by atoms with E-state index in [-0.39, 0.29) is 18.7 Å². The maximum atomic E-state index is 11.7. The second-order valence-corrected chi connectivity index (χ2v) is 5.70. The van der Waals surface area contributed by atoms with Crippen LogP contribution in [0.15, 0.2) is 0 Å². The molecule has 0 bridgehead atoms. The summed E-state index contributed by atoms with van der Waals surface area (Å²) in [6.07, 6.45) is 4.29. The molecule has 4 heteroatoms. The van der Waals surface area contributed by atoms with Gasteiger partial charge in [-0.05, 0) is 38.0 Å². The SMILES string of the molecule is CC(C)CC[C@@H]1CCCOC[C@H](N)C(=O)O[C@H]1C. The Hall–Kier alpha value is -0.610. The number of ether oxygens (including phenoxy) is 2. The maximum absolute atomic E-state index is 11.7. The Balaban J connectivity index is 2.55. The number of rotatable bonds is 3. The van der Waals surface area contributed by atoms with Crippen molar-refractivity contribution in [1.29, 1.82) is 0 Å². The van der Waals surface area contributed by atoms with Crippen LogP contribution in [0, 0.1) is 11.8 Å². The van der Waals surface area contributed by atoms with E-state index in [1.807, 2.05) is 6.92 Å². The minimum atomic E-state index is -0.642. The Morgan fingerprint density at radius 1 is 1.44 bits per heavy atom. The zero-order valence-electron chi connectivity index (χ0n) is 11.9. The first-order valence-corrected chi connectivity index (χ1v) is 7.04. The van der Waals surface area contributed by atoms with Crippen LogP contribution < -0.4 is 5.73 Å². The Labute approximate surface area is 110 Å². The first-order valence-electron chi connectivity index (χ1n) is 7.04. The van der Waals surface area contributed by atoms with E-state index in [1.165, 1.54) is 6.42 Å². The summed E-state index contributed by atoms with van der Waals surface area (Å²) in [4.78, 5) is 11.7. The Morgan fingerprint density at radius 2 is 2.17 bits per heavy atom. The van der Waals surface area contributed by atoms with Crippen molar-refractivity contribution in [1.82, 2.24) is 0 Å². The number of esters is 1. The number of carbonyl (C=O) groups excluding carboxylic acids is 1. The summed E-state index contributed by atoms with van der Waals surface area (Å²) in [5.74, 6) is 0.769. The van der Waals surface area contributed by atoms with Crippen LogP contribution >= 0.6 is 0 Å². The van der Waals surface area contributed by atoms with Crippen molar-refractivity contribution in [2.24, 2.45) is 17.6 Å². The lowest BCUT2D eigenvalue weighted by molar-refractivity contribution is -0.155. The van der Waals surface area contributed by atoms with Crippen LogP contribution in [0.1, 0.15) is 46.5 Å². The molecule has 1 heterocycles. The van der Waals surface area contributed by atoms with Gasteiger partial charge in [-0.2, -0.15) is 0 Å². The van der Waals surface area contributed by atoms with E-state index in [1.54, 1.807) is 0 Å². The lowest BCUT2D eigenvalue weighted by Gasteiger charge is -2.27. The van der Waals surface area contributed by atoms with Crippen LogP contribution in [0.25, 0.3) is 0 Å². The topological polar surface area (TPSA) is 61.5 Å². The van der Waals surface area contributed by atoms with E-state index in [0.29, 0.717) is 18.4 Å². The molecule has 1 fully saturated rings. The highest BCUT2D eigenvalue weighted by Gasteiger charge is 2.25. The average molecular weight is 257 g/mol. The highest BCUT2D eigenvalue weighted by molar-refractivity contribution is 5.75. The molecule has 0 aromatic rings. The Kier molecular flexibility index (Phi) is 6.65. The molecular weight excluding hydrogens is 230 g/mol. The van der Waals surface area contributed by atoms with Gasteiger partial charge in [0.15, 0.2) is 0 Å². The lowest BCUT2D eigenvalue weighted by atomic mass is 9.90. The van der Waals surface area contributed by atoms with E-state index in [9.17, 15) is 4.79 Å². The molecule has 0 unspecified atom stereocenters. The van der Waals surface area contributed by atoms with Crippen molar-refractivity contribution in [2.75, 3.05) is 13.2 Å². The summed E-state index contributed by atoms with van der Waals surface area (Å²) < 4.78 is 10.8. The molecule has 1 rings (SSSR count). The summed E-state index contributed by atoms with van der Waals surface area (Å²) in [5.41, 5.74) is 5.70. The van der Waals surface area contributed by atoms with Gasteiger partial charge in [-0.1, -0.05) is 20.3 Å². The molecule has 1 aliphatic rings. The number of nitrogens with two attached hydrogens (primary N) is 1. The summed E-state index contributed by atoms with van der Waals surface area (Å²) in [5, 5.41) is 0. The number of carbonyl (C=O) groups is 1. The third-order valence-electron chi connectivity index (χ3n) is 3.54. The van der Waals surface area contributed by atoms with Gasteiger partial charge >= 0.3 is 5.97 Å². The molecule has 0 aromatic carbocycles. The van der Waals surface area contributed by atoms with Crippen molar-refractivity contribution in [3.63, 3.8) is 0 Å². The molecule has 1 saturated heterocycles. The standard InChI is InChI=1S/C14H27NO3/c1-10(2)6-7-12-5-4-8-17-9-13(15)14(16)18-11(12)3/h10-13H,4-9,15H2,1-3H3/t11-,12-,13-/m0/s1. The second kappa shape index (κ2) is 7.74. The predicted molar refractivity (Wildman–Crippen MR) is 71.1 cm³/mol. The third-order valence-corrected chi connectivity index (χ3v) is 3.54. The zero-order chi connectivity index (χ0) is 13.5. The molecule has 0 amide bonds. The molecule has 3 atom stereocenters. The minimum Gasteiger partial charge on any atom is -0.461 e. The van der Waals surface area contributed by atoms with Crippen molar-refractivity contribution >= 4 is 5.97 Å². The molecule has 2 N–H and O–H groups in total. The molecule has 0 saturated carbocycles. The van der Waals surface area contributed by atoms with Crippen LogP contribution in [-0.2, 0) is 14.3 Å².